The molecular formula is C26H32N4O3. The minimum absolute atomic E-state index is 0.0588. The number of ether oxygens (including phenoxy) is 2. The first-order valence-electron chi connectivity index (χ1n) is 11.9. The summed E-state index contributed by atoms with van der Waals surface area (Å²) in [6.07, 6.45) is 4.24. The van der Waals surface area contributed by atoms with E-state index in [0.717, 1.165) is 69.1 Å². The van der Waals surface area contributed by atoms with Gasteiger partial charge in [-0.3, -0.25) is 4.79 Å². The number of aromatic amines is 1. The van der Waals surface area contributed by atoms with Crippen molar-refractivity contribution in [2.75, 3.05) is 67.7 Å². The molecule has 0 unspecified atom stereocenters. The SMILES string of the molecule is O=C(CCCc1c[nH]c2ccccc12)Nc1ccc(N2CCOCC2)cc1N1CCOCC1. The number of benzene rings is 2. The number of aryl methyl sites for hydroxylation is 1. The molecule has 2 fully saturated rings. The molecule has 3 heterocycles. The Morgan fingerprint density at radius 1 is 0.939 bits per heavy atom. The number of carbonyl (C=O) groups is 1. The first-order valence-corrected chi connectivity index (χ1v) is 11.9. The second-order valence-corrected chi connectivity index (χ2v) is 8.66. The topological polar surface area (TPSA) is 69.8 Å². The van der Waals surface area contributed by atoms with Gasteiger partial charge in [0.05, 0.1) is 37.8 Å². The van der Waals surface area contributed by atoms with E-state index in [-0.39, 0.29) is 5.91 Å². The van der Waals surface area contributed by atoms with E-state index in [1.165, 1.54) is 16.6 Å². The van der Waals surface area contributed by atoms with Crippen LogP contribution < -0.4 is 15.1 Å². The van der Waals surface area contributed by atoms with Gasteiger partial charge in [-0.2, -0.15) is 0 Å². The number of hydrogen-bond donors (Lipinski definition) is 2. The van der Waals surface area contributed by atoms with Gasteiger partial charge in [-0.1, -0.05) is 18.2 Å². The quantitative estimate of drug-likeness (QED) is 0.575. The van der Waals surface area contributed by atoms with Gasteiger partial charge >= 0.3 is 0 Å². The van der Waals surface area contributed by atoms with Crippen molar-refractivity contribution in [3.63, 3.8) is 0 Å². The summed E-state index contributed by atoms with van der Waals surface area (Å²) in [5.74, 6) is 0.0588. The molecule has 7 nitrogen and oxygen atoms in total. The highest BCUT2D eigenvalue weighted by atomic mass is 16.5. The molecule has 0 atom stereocenters. The number of hydrogen-bond acceptors (Lipinski definition) is 5. The van der Waals surface area contributed by atoms with Crippen molar-refractivity contribution in [2.24, 2.45) is 0 Å². The van der Waals surface area contributed by atoms with Crippen LogP contribution in [0.2, 0.25) is 0 Å². The summed E-state index contributed by atoms with van der Waals surface area (Å²) in [4.78, 5) is 20.8. The molecule has 174 valence electrons. The molecular weight excluding hydrogens is 416 g/mol. The van der Waals surface area contributed by atoms with Crippen molar-refractivity contribution in [3.8, 4) is 0 Å². The van der Waals surface area contributed by atoms with Gasteiger partial charge in [-0.15, -0.1) is 0 Å². The van der Waals surface area contributed by atoms with Crippen LogP contribution >= 0.6 is 0 Å². The third kappa shape index (κ3) is 5.15. The van der Waals surface area contributed by atoms with E-state index in [1.54, 1.807) is 0 Å². The number of carbonyl (C=O) groups excluding carboxylic acids is 1. The number of amides is 1. The van der Waals surface area contributed by atoms with Crippen LogP contribution in [0.1, 0.15) is 18.4 Å². The summed E-state index contributed by atoms with van der Waals surface area (Å²) in [7, 11) is 0. The second-order valence-electron chi connectivity index (χ2n) is 8.66. The number of fused-ring (bicyclic) bond motifs is 1. The van der Waals surface area contributed by atoms with Crippen LogP contribution in [-0.2, 0) is 20.7 Å². The van der Waals surface area contributed by atoms with E-state index < -0.39 is 0 Å². The van der Waals surface area contributed by atoms with E-state index in [4.69, 9.17) is 9.47 Å². The van der Waals surface area contributed by atoms with E-state index in [0.29, 0.717) is 19.6 Å². The highest BCUT2D eigenvalue weighted by molar-refractivity contribution is 5.95. The highest BCUT2D eigenvalue weighted by Gasteiger charge is 2.19. The smallest absolute Gasteiger partial charge is 0.224 e. The molecule has 0 aliphatic carbocycles. The van der Waals surface area contributed by atoms with Gasteiger partial charge in [0.25, 0.3) is 0 Å². The number of nitrogens with zero attached hydrogens (tertiary/aromatic N) is 2. The number of morpholine rings is 2. The zero-order chi connectivity index (χ0) is 22.5. The predicted octanol–water partition coefficient (Wildman–Crippen LogP) is 3.80. The Morgan fingerprint density at radius 2 is 1.67 bits per heavy atom. The molecule has 2 aromatic carbocycles. The maximum atomic E-state index is 12.8. The summed E-state index contributed by atoms with van der Waals surface area (Å²) in [5, 5.41) is 4.42. The molecule has 2 saturated heterocycles. The molecule has 2 aliphatic rings. The number of para-hydroxylation sites is 1. The largest absolute Gasteiger partial charge is 0.378 e. The van der Waals surface area contributed by atoms with Crippen LogP contribution in [0.25, 0.3) is 10.9 Å². The van der Waals surface area contributed by atoms with Crippen LogP contribution in [0.15, 0.2) is 48.7 Å². The van der Waals surface area contributed by atoms with E-state index >= 15 is 0 Å². The fourth-order valence-corrected chi connectivity index (χ4v) is 4.70. The third-order valence-electron chi connectivity index (χ3n) is 6.51. The van der Waals surface area contributed by atoms with Gasteiger partial charge in [0.15, 0.2) is 0 Å². The highest BCUT2D eigenvalue weighted by Crippen LogP contribution is 2.32. The van der Waals surface area contributed by atoms with E-state index in [1.807, 2.05) is 12.1 Å². The summed E-state index contributed by atoms with van der Waals surface area (Å²) in [6, 6.07) is 14.7. The van der Waals surface area contributed by atoms with Gasteiger partial charge < -0.3 is 29.6 Å². The monoisotopic (exact) mass is 448 g/mol. The average molecular weight is 449 g/mol. The van der Waals surface area contributed by atoms with Gasteiger partial charge in [-0.25, -0.2) is 0 Å². The Balaban J connectivity index is 1.25. The standard InChI is InChI=1S/C26H32N4O3/c31-26(7-3-4-20-19-27-23-6-2-1-5-22(20)23)28-24-9-8-21(29-10-14-32-15-11-29)18-25(24)30-12-16-33-17-13-30/h1-2,5-6,8-9,18-19,27H,3-4,7,10-17H2,(H,28,31). The van der Waals surface area contributed by atoms with Crippen molar-refractivity contribution in [1.29, 1.82) is 0 Å². The third-order valence-corrected chi connectivity index (χ3v) is 6.51. The second kappa shape index (κ2) is 10.3. The van der Waals surface area contributed by atoms with Crippen molar-refractivity contribution in [2.45, 2.75) is 19.3 Å². The molecule has 2 aliphatic heterocycles. The van der Waals surface area contributed by atoms with Crippen LogP contribution in [-0.4, -0.2) is 63.5 Å². The summed E-state index contributed by atoms with van der Waals surface area (Å²) in [5.41, 5.74) is 5.55. The van der Waals surface area contributed by atoms with Crippen LogP contribution in [0, 0.1) is 0 Å². The number of anilines is 3. The lowest BCUT2D eigenvalue weighted by atomic mass is 10.1. The van der Waals surface area contributed by atoms with E-state index in [9.17, 15) is 4.79 Å². The minimum atomic E-state index is 0.0588. The van der Waals surface area contributed by atoms with Gasteiger partial charge in [0, 0.05) is 55.4 Å². The average Bonchev–Trinajstić information content (AvgIpc) is 3.28. The molecule has 0 bridgehead atoms. The van der Waals surface area contributed by atoms with Crippen LogP contribution in [0.4, 0.5) is 17.1 Å². The lowest BCUT2D eigenvalue weighted by molar-refractivity contribution is -0.116. The molecule has 2 N–H and O–H groups in total. The molecule has 7 heteroatoms. The molecule has 0 radical (unpaired) electrons. The molecule has 33 heavy (non-hydrogen) atoms. The van der Waals surface area contributed by atoms with E-state index in [2.05, 4.69) is 56.6 Å². The summed E-state index contributed by atoms with van der Waals surface area (Å²) in [6.45, 7) is 6.36. The van der Waals surface area contributed by atoms with Crippen molar-refractivity contribution in [1.82, 2.24) is 4.98 Å². The van der Waals surface area contributed by atoms with Gasteiger partial charge in [0.2, 0.25) is 5.91 Å². The van der Waals surface area contributed by atoms with Crippen LogP contribution in [0.5, 0.6) is 0 Å². The predicted molar refractivity (Wildman–Crippen MR) is 132 cm³/mol. The summed E-state index contributed by atoms with van der Waals surface area (Å²) < 4.78 is 11.1. The van der Waals surface area contributed by atoms with Crippen LogP contribution in [0.3, 0.4) is 0 Å². The fraction of sp³-hybridized carbons (Fsp3) is 0.423. The Kier molecular flexibility index (Phi) is 6.79. The maximum Gasteiger partial charge on any atom is 0.224 e. The van der Waals surface area contributed by atoms with Crippen molar-refractivity contribution in [3.05, 3.63) is 54.2 Å². The Labute approximate surface area is 194 Å². The van der Waals surface area contributed by atoms with Crippen molar-refractivity contribution >= 4 is 33.9 Å². The lowest BCUT2D eigenvalue weighted by Crippen LogP contribution is -2.38. The molecule has 1 aromatic heterocycles. The van der Waals surface area contributed by atoms with Gasteiger partial charge in [-0.05, 0) is 42.7 Å². The zero-order valence-electron chi connectivity index (χ0n) is 19.0. The Hall–Kier alpha value is -3.03. The first-order chi connectivity index (χ1) is 16.3. The number of aromatic nitrogens is 1. The minimum Gasteiger partial charge on any atom is -0.378 e. The summed E-state index contributed by atoms with van der Waals surface area (Å²) >= 11 is 0. The molecule has 3 aromatic rings. The molecule has 0 saturated carbocycles. The maximum absolute atomic E-state index is 12.8. The normalized spacial score (nSPS) is 16.8. The zero-order valence-corrected chi connectivity index (χ0v) is 19.0. The lowest BCUT2D eigenvalue weighted by Gasteiger charge is -2.33. The van der Waals surface area contributed by atoms with Gasteiger partial charge in [0.1, 0.15) is 0 Å². The number of rotatable bonds is 7. The molecule has 0 spiro atoms. The van der Waals surface area contributed by atoms with Crippen molar-refractivity contribution < 1.29 is 14.3 Å². The number of nitrogens with one attached hydrogen (secondary N) is 2. The Bertz CT molecular complexity index is 1080. The number of H-pyrrole nitrogens is 1. The molecule has 1 amide bonds. The molecule has 5 rings (SSSR count). The Morgan fingerprint density at radius 3 is 2.45 bits per heavy atom. The first kappa shape index (κ1) is 21.8. The fourth-order valence-electron chi connectivity index (χ4n) is 4.70.